The molecule has 1 rings (SSSR count). The lowest BCUT2D eigenvalue weighted by molar-refractivity contribution is 0.0257. The lowest BCUT2D eigenvalue weighted by Crippen LogP contribution is -2.47. The second kappa shape index (κ2) is 12.9. The summed E-state index contributed by atoms with van der Waals surface area (Å²) in [6, 6.07) is 7.31. The van der Waals surface area contributed by atoms with E-state index < -0.39 is 15.6 Å². The molecular formula is C22H40N4O3S. The molecule has 30 heavy (non-hydrogen) atoms. The van der Waals surface area contributed by atoms with Crippen LogP contribution in [0.25, 0.3) is 0 Å². The van der Waals surface area contributed by atoms with Crippen LogP contribution in [-0.4, -0.2) is 44.2 Å². The largest absolute Gasteiger partial charge is 0.388 e. The van der Waals surface area contributed by atoms with Gasteiger partial charge in [0.2, 0.25) is 10.0 Å². The fourth-order valence-electron chi connectivity index (χ4n) is 3.44. The quantitative estimate of drug-likeness (QED) is 0.279. The van der Waals surface area contributed by atoms with Gasteiger partial charge in [0.25, 0.3) is 0 Å². The first-order valence-electron chi connectivity index (χ1n) is 11.0. The van der Waals surface area contributed by atoms with E-state index in [0.29, 0.717) is 25.6 Å². The number of hydrogen-bond acceptors (Lipinski definition) is 4. The molecule has 0 aliphatic rings. The Morgan fingerprint density at radius 3 is 2.20 bits per heavy atom. The Morgan fingerprint density at radius 1 is 1.07 bits per heavy atom. The predicted octanol–water partition coefficient (Wildman–Crippen LogP) is 2.90. The Kier molecular flexibility index (Phi) is 11.4. The molecule has 0 aromatic heterocycles. The van der Waals surface area contributed by atoms with E-state index in [0.717, 1.165) is 36.8 Å². The van der Waals surface area contributed by atoms with Crippen molar-refractivity contribution < 1.29 is 13.5 Å². The Labute approximate surface area is 182 Å². The standard InChI is InChI=1S/C22H40N4O3S/c1-6-13-22(27,14-7-2)17-25-21(23-8-3)24-15-19-11-9-10-12-20(19)16-30(28,29)26-18(4)5/h9-12,18,26-27H,6-8,13-17H2,1-5H3,(H2,23,24,25). The van der Waals surface area contributed by atoms with Crippen LogP contribution in [0.1, 0.15) is 71.4 Å². The summed E-state index contributed by atoms with van der Waals surface area (Å²) in [7, 11) is -3.41. The summed E-state index contributed by atoms with van der Waals surface area (Å²) in [5.74, 6) is 0.536. The number of aliphatic imine (C=N–C) groups is 1. The first-order chi connectivity index (χ1) is 14.1. The second-order valence-corrected chi connectivity index (χ2v) is 9.83. The van der Waals surface area contributed by atoms with Gasteiger partial charge in [0.1, 0.15) is 0 Å². The molecule has 0 spiro atoms. The molecule has 0 aliphatic heterocycles. The highest BCUT2D eigenvalue weighted by Gasteiger charge is 2.25. The maximum Gasteiger partial charge on any atom is 0.216 e. The summed E-state index contributed by atoms with van der Waals surface area (Å²) in [6.07, 6.45) is 3.30. The Morgan fingerprint density at radius 2 is 1.67 bits per heavy atom. The molecule has 0 bridgehead atoms. The van der Waals surface area contributed by atoms with Crippen LogP contribution >= 0.6 is 0 Å². The van der Waals surface area contributed by atoms with E-state index in [9.17, 15) is 13.5 Å². The van der Waals surface area contributed by atoms with Gasteiger partial charge < -0.3 is 15.7 Å². The molecule has 0 saturated heterocycles. The normalized spacial score (nSPS) is 13.0. The number of sulfonamides is 1. The van der Waals surface area contributed by atoms with Crippen LogP contribution in [0.15, 0.2) is 29.3 Å². The van der Waals surface area contributed by atoms with E-state index in [4.69, 9.17) is 0 Å². The van der Waals surface area contributed by atoms with Crippen molar-refractivity contribution in [2.75, 3.05) is 13.1 Å². The average Bonchev–Trinajstić information content (AvgIpc) is 2.64. The lowest BCUT2D eigenvalue weighted by atomic mass is 9.93. The van der Waals surface area contributed by atoms with Crippen molar-refractivity contribution in [2.24, 2.45) is 4.99 Å². The smallest absolute Gasteiger partial charge is 0.216 e. The van der Waals surface area contributed by atoms with Gasteiger partial charge in [-0.2, -0.15) is 0 Å². The maximum atomic E-state index is 12.3. The van der Waals surface area contributed by atoms with Crippen LogP contribution in [-0.2, 0) is 22.3 Å². The first kappa shape index (κ1) is 26.4. The number of nitrogens with one attached hydrogen (secondary N) is 3. The molecule has 0 amide bonds. The number of hydrogen-bond donors (Lipinski definition) is 4. The molecule has 0 fully saturated rings. The molecule has 0 aliphatic carbocycles. The van der Waals surface area contributed by atoms with Gasteiger partial charge in [-0.1, -0.05) is 51.0 Å². The minimum atomic E-state index is -3.41. The molecular weight excluding hydrogens is 400 g/mol. The van der Waals surface area contributed by atoms with Crippen molar-refractivity contribution in [1.82, 2.24) is 15.4 Å². The zero-order valence-electron chi connectivity index (χ0n) is 19.2. The van der Waals surface area contributed by atoms with Crippen molar-refractivity contribution in [2.45, 2.75) is 84.2 Å². The monoisotopic (exact) mass is 440 g/mol. The molecule has 8 heteroatoms. The summed E-state index contributed by atoms with van der Waals surface area (Å²) >= 11 is 0. The highest BCUT2D eigenvalue weighted by molar-refractivity contribution is 7.88. The summed E-state index contributed by atoms with van der Waals surface area (Å²) in [6.45, 7) is 11.2. The second-order valence-electron chi connectivity index (χ2n) is 8.07. The van der Waals surface area contributed by atoms with Crippen molar-refractivity contribution in [1.29, 1.82) is 0 Å². The Bertz CT molecular complexity index is 757. The van der Waals surface area contributed by atoms with Gasteiger partial charge in [-0.15, -0.1) is 0 Å². The van der Waals surface area contributed by atoms with Gasteiger partial charge in [-0.25, -0.2) is 18.1 Å². The van der Waals surface area contributed by atoms with Crippen LogP contribution in [0.4, 0.5) is 0 Å². The van der Waals surface area contributed by atoms with E-state index in [1.54, 1.807) is 13.8 Å². The molecule has 0 radical (unpaired) electrons. The van der Waals surface area contributed by atoms with Crippen LogP contribution < -0.4 is 15.4 Å². The van der Waals surface area contributed by atoms with Crippen LogP contribution in [0.5, 0.6) is 0 Å². The molecule has 172 valence electrons. The summed E-state index contributed by atoms with van der Waals surface area (Å²) in [5, 5.41) is 17.3. The van der Waals surface area contributed by atoms with Crippen LogP contribution in [0.2, 0.25) is 0 Å². The SMILES string of the molecule is CCCC(O)(CCC)CNC(=NCc1ccccc1CS(=O)(=O)NC(C)C)NCC. The average molecular weight is 441 g/mol. The molecule has 1 aromatic carbocycles. The molecule has 0 saturated carbocycles. The van der Waals surface area contributed by atoms with Gasteiger partial charge in [-0.05, 0) is 44.7 Å². The molecule has 0 heterocycles. The molecule has 0 atom stereocenters. The van der Waals surface area contributed by atoms with Gasteiger partial charge in [0.05, 0.1) is 17.9 Å². The number of benzene rings is 1. The highest BCUT2D eigenvalue weighted by atomic mass is 32.2. The third-order valence-electron chi connectivity index (χ3n) is 4.65. The zero-order chi connectivity index (χ0) is 22.6. The van der Waals surface area contributed by atoms with Crippen molar-refractivity contribution in [3.05, 3.63) is 35.4 Å². The van der Waals surface area contributed by atoms with Crippen molar-refractivity contribution in [3.63, 3.8) is 0 Å². The number of rotatable bonds is 13. The van der Waals surface area contributed by atoms with E-state index in [2.05, 4.69) is 34.2 Å². The lowest BCUT2D eigenvalue weighted by Gasteiger charge is -2.28. The molecule has 7 nitrogen and oxygen atoms in total. The fraction of sp³-hybridized carbons (Fsp3) is 0.682. The maximum absolute atomic E-state index is 12.3. The van der Waals surface area contributed by atoms with E-state index >= 15 is 0 Å². The minimum absolute atomic E-state index is 0.0758. The zero-order valence-corrected chi connectivity index (χ0v) is 20.0. The summed E-state index contributed by atoms with van der Waals surface area (Å²) in [5.41, 5.74) is 0.841. The molecule has 4 N–H and O–H groups in total. The molecule has 1 aromatic rings. The summed E-state index contributed by atoms with van der Waals surface area (Å²) in [4.78, 5) is 4.63. The number of aliphatic hydroxyl groups is 1. The fourth-order valence-corrected chi connectivity index (χ4v) is 4.94. The summed E-state index contributed by atoms with van der Waals surface area (Å²) < 4.78 is 27.3. The van der Waals surface area contributed by atoms with Crippen molar-refractivity contribution in [3.8, 4) is 0 Å². The predicted molar refractivity (Wildman–Crippen MR) is 125 cm³/mol. The first-order valence-corrected chi connectivity index (χ1v) is 12.6. The Balaban J connectivity index is 2.93. The van der Waals surface area contributed by atoms with Gasteiger partial charge in [-0.3, -0.25) is 0 Å². The van der Waals surface area contributed by atoms with Gasteiger partial charge >= 0.3 is 0 Å². The van der Waals surface area contributed by atoms with E-state index in [1.165, 1.54) is 0 Å². The van der Waals surface area contributed by atoms with Crippen molar-refractivity contribution >= 4 is 16.0 Å². The Hall–Kier alpha value is -1.64. The third-order valence-corrected chi connectivity index (χ3v) is 6.17. The number of guanidine groups is 1. The minimum Gasteiger partial charge on any atom is -0.388 e. The third kappa shape index (κ3) is 9.91. The van der Waals surface area contributed by atoms with Crippen LogP contribution in [0, 0.1) is 0 Å². The topological polar surface area (TPSA) is 103 Å². The van der Waals surface area contributed by atoms with Crippen LogP contribution in [0.3, 0.4) is 0 Å². The number of nitrogens with zero attached hydrogens (tertiary/aromatic N) is 1. The molecule has 0 unspecified atom stereocenters. The highest BCUT2D eigenvalue weighted by Crippen LogP contribution is 2.18. The van der Waals surface area contributed by atoms with Gasteiger partial charge in [0.15, 0.2) is 5.96 Å². The van der Waals surface area contributed by atoms with Gasteiger partial charge in [0, 0.05) is 19.1 Å². The van der Waals surface area contributed by atoms with E-state index in [-0.39, 0.29) is 11.8 Å². The van der Waals surface area contributed by atoms with E-state index in [1.807, 2.05) is 31.2 Å².